The van der Waals surface area contributed by atoms with E-state index < -0.39 is 5.41 Å². The first-order chi connectivity index (χ1) is 6.32. The van der Waals surface area contributed by atoms with E-state index in [1.807, 2.05) is 26.8 Å². The molecule has 0 radical (unpaired) electrons. The molecule has 0 aliphatic carbocycles. The second-order valence-corrected chi connectivity index (χ2v) is 5.53. The van der Waals surface area contributed by atoms with Crippen molar-refractivity contribution in [1.82, 2.24) is 0 Å². The Morgan fingerprint density at radius 2 is 1.93 bits per heavy atom. The Morgan fingerprint density at radius 3 is 2.36 bits per heavy atom. The SMILES string of the molecule is CC(C)(C)C(=O)c1ccc(Br)cc1Cl. The molecule has 0 spiro atoms. The maximum Gasteiger partial charge on any atom is 0.169 e. The van der Waals surface area contributed by atoms with Gasteiger partial charge in [0, 0.05) is 15.5 Å². The molecule has 1 nitrogen and oxygen atoms in total. The van der Waals surface area contributed by atoms with Crippen LogP contribution in [0.15, 0.2) is 22.7 Å². The molecule has 14 heavy (non-hydrogen) atoms. The van der Waals surface area contributed by atoms with Gasteiger partial charge in [0.1, 0.15) is 0 Å². The van der Waals surface area contributed by atoms with Crippen molar-refractivity contribution in [1.29, 1.82) is 0 Å². The quantitative estimate of drug-likeness (QED) is 0.697. The average Bonchev–Trinajstić information content (AvgIpc) is 2.01. The summed E-state index contributed by atoms with van der Waals surface area (Å²) in [6.07, 6.45) is 0. The predicted molar refractivity (Wildman–Crippen MR) is 62.9 cm³/mol. The van der Waals surface area contributed by atoms with E-state index in [1.165, 1.54) is 0 Å². The highest BCUT2D eigenvalue weighted by molar-refractivity contribution is 9.10. The van der Waals surface area contributed by atoms with Crippen LogP contribution >= 0.6 is 27.5 Å². The normalized spacial score (nSPS) is 11.5. The first-order valence-corrected chi connectivity index (χ1v) is 5.49. The summed E-state index contributed by atoms with van der Waals surface area (Å²) in [5.74, 6) is 0.0648. The zero-order valence-corrected chi connectivity index (χ0v) is 10.7. The fraction of sp³-hybridized carbons (Fsp3) is 0.364. The summed E-state index contributed by atoms with van der Waals surface area (Å²) in [4.78, 5) is 11.9. The summed E-state index contributed by atoms with van der Waals surface area (Å²) in [5.41, 5.74) is 0.194. The molecule has 0 saturated heterocycles. The van der Waals surface area contributed by atoms with E-state index in [1.54, 1.807) is 12.1 Å². The monoisotopic (exact) mass is 274 g/mol. The molecule has 0 aromatic heterocycles. The second kappa shape index (κ2) is 4.03. The van der Waals surface area contributed by atoms with Gasteiger partial charge < -0.3 is 0 Å². The lowest BCUT2D eigenvalue weighted by Crippen LogP contribution is -2.20. The number of halogens is 2. The van der Waals surface area contributed by atoms with Crippen molar-refractivity contribution in [3.05, 3.63) is 33.3 Å². The molecule has 0 fully saturated rings. The smallest absolute Gasteiger partial charge is 0.169 e. The Bertz CT molecular complexity index is 366. The lowest BCUT2D eigenvalue weighted by atomic mass is 9.86. The Hall–Kier alpha value is -0.340. The molecular weight excluding hydrogens is 263 g/mol. The van der Waals surface area contributed by atoms with Crippen LogP contribution in [0.1, 0.15) is 31.1 Å². The molecule has 0 bridgehead atoms. The van der Waals surface area contributed by atoms with E-state index in [0.29, 0.717) is 10.6 Å². The first-order valence-electron chi connectivity index (χ1n) is 4.32. The number of hydrogen-bond acceptors (Lipinski definition) is 1. The summed E-state index contributed by atoms with van der Waals surface area (Å²) in [6.45, 7) is 5.65. The van der Waals surface area contributed by atoms with Gasteiger partial charge in [-0.05, 0) is 18.2 Å². The van der Waals surface area contributed by atoms with Crippen LogP contribution < -0.4 is 0 Å². The lowest BCUT2D eigenvalue weighted by Gasteiger charge is -2.17. The zero-order valence-electron chi connectivity index (χ0n) is 8.40. The Labute approximate surface area is 97.6 Å². The first kappa shape index (κ1) is 11.7. The van der Waals surface area contributed by atoms with E-state index in [4.69, 9.17) is 11.6 Å². The van der Waals surface area contributed by atoms with Gasteiger partial charge in [0.25, 0.3) is 0 Å². The molecule has 1 aromatic carbocycles. The minimum atomic E-state index is -0.391. The van der Waals surface area contributed by atoms with E-state index >= 15 is 0 Å². The highest BCUT2D eigenvalue weighted by Crippen LogP contribution is 2.27. The Morgan fingerprint density at radius 1 is 1.36 bits per heavy atom. The molecule has 1 aromatic rings. The molecule has 0 unspecified atom stereocenters. The van der Waals surface area contributed by atoms with Gasteiger partial charge in [-0.2, -0.15) is 0 Å². The van der Waals surface area contributed by atoms with Crippen LogP contribution in [-0.4, -0.2) is 5.78 Å². The van der Waals surface area contributed by atoms with E-state index in [0.717, 1.165) is 4.47 Å². The maximum absolute atomic E-state index is 11.9. The fourth-order valence-corrected chi connectivity index (χ4v) is 1.84. The largest absolute Gasteiger partial charge is 0.294 e. The number of ketones is 1. The van der Waals surface area contributed by atoms with Crippen LogP contribution in [0.2, 0.25) is 5.02 Å². The molecule has 0 amide bonds. The summed E-state index contributed by atoms with van der Waals surface area (Å²) in [7, 11) is 0. The fourth-order valence-electron chi connectivity index (χ4n) is 1.08. The van der Waals surface area contributed by atoms with E-state index in [9.17, 15) is 4.79 Å². The van der Waals surface area contributed by atoms with Crippen molar-refractivity contribution >= 4 is 33.3 Å². The predicted octanol–water partition coefficient (Wildman–Crippen LogP) is 4.33. The molecule has 76 valence electrons. The van der Waals surface area contributed by atoms with Gasteiger partial charge in [0.05, 0.1) is 5.02 Å². The van der Waals surface area contributed by atoms with Crippen LogP contribution in [-0.2, 0) is 0 Å². The van der Waals surface area contributed by atoms with Gasteiger partial charge in [0.15, 0.2) is 5.78 Å². The molecule has 3 heteroatoms. The van der Waals surface area contributed by atoms with Crippen molar-refractivity contribution < 1.29 is 4.79 Å². The third-order valence-electron chi connectivity index (χ3n) is 1.86. The maximum atomic E-state index is 11.9. The number of carbonyl (C=O) groups is 1. The summed E-state index contributed by atoms with van der Waals surface area (Å²) < 4.78 is 0.882. The third-order valence-corrected chi connectivity index (χ3v) is 2.66. The summed E-state index contributed by atoms with van der Waals surface area (Å²) >= 11 is 9.28. The summed E-state index contributed by atoms with van der Waals surface area (Å²) in [5, 5.41) is 0.499. The minimum absolute atomic E-state index is 0.0648. The van der Waals surface area contributed by atoms with E-state index in [-0.39, 0.29) is 5.78 Å². The van der Waals surface area contributed by atoms with Gasteiger partial charge in [0.2, 0.25) is 0 Å². The number of benzene rings is 1. The van der Waals surface area contributed by atoms with Gasteiger partial charge in [-0.25, -0.2) is 0 Å². The number of hydrogen-bond donors (Lipinski definition) is 0. The van der Waals surface area contributed by atoms with Gasteiger partial charge in [-0.1, -0.05) is 48.3 Å². The van der Waals surface area contributed by atoms with Crippen molar-refractivity contribution in [3.63, 3.8) is 0 Å². The topological polar surface area (TPSA) is 17.1 Å². The van der Waals surface area contributed by atoms with Crippen LogP contribution in [0.5, 0.6) is 0 Å². The van der Waals surface area contributed by atoms with E-state index in [2.05, 4.69) is 15.9 Å². The number of rotatable bonds is 1. The summed E-state index contributed by atoms with van der Waals surface area (Å²) in [6, 6.07) is 5.31. The molecule has 0 aliphatic heterocycles. The molecule has 1 rings (SSSR count). The highest BCUT2D eigenvalue weighted by Gasteiger charge is 2.24. The van der Waals surface area contributed by atoms with Crippen LogP contribution in [0, 0.1) is 5.41 Å². The lowest BCUT2D eigenvalue weighted by molar-refractivity contribution is 0.0858. The molecule has 0 heterocycles. The molecule has 0 saturated carbocycles. The van der Waals surface area contributed by atoms with Gasteiger partial charge >= 0.3 is 0 Å². The Balaban J connectivity index is 3.15. The second-order valence-electron chi connectivity index (χ2n) is 4.20. The minimum Gasteiger partial charge on any atom is -0.294 e. The molecule has 0 aliphatic rings. The zero-order chi connectivity index (χ0) is 10.9. The molecular formula is C11H12BrClO. The molecule has 0 atom stereocenters. The average molecular weight is 276 g/mol. The highest BCUT2D eigenvalue weighted by atomic mass is 79.9. The number of Topliss-reactive ketones (excluding diaryl/α,β-unsaturated/α-hetero) is 1. The Kier molecular flexibility index (Phi) is 3.38. The van der Waals surface area contributed by atoms with Crippen molar-refractivity contribution in [2.75, 3.05) is 0 Å². The van der Waals surface area contributed by atoms with Crippen LogP contribution in [0.25, 0.3) is 0 Å². The van der Waals surface area contributed by atoms with Crippen molar-refractivity contribution in [2.45, 2.75) is 20.8 Å². The third kappa shape index (κ3) is 2.58. The standard InChI is InChI=1S/C11H12BrClO/c1-11(2,3)10(14)8-5-4-7(12)6-9(8)13/h4-6H,1-3H3. The van der Waals surface area contributed by atoms with Crippen molar-refractivity contribution in [3.8, 4) is 0 Å². The van der Waals surface area contributed by atoms with Crippen LogP contribution in [0.4, 0.5) is 0 Å². The number of carbonyl (C=O) groups excluding carboxylic acids is 1. The van der Waals surface area contributed by atoms with Gasteiger partial charge in [-0.3, -0.25) is 4.79 Å². The van der Waals surface area contributed by atoms with Crippen LogP contribution in [0.3, 0.4) is 0 Å². The van der Waals surface area contributed by atoms with Crippen molar-refractivity contribution in [2.24, 2.45) is 5.41 Å². The molecule has 0 N–H and O–H groups in total. The van der Waals surface area contributed by atoms with Gasteiger partial charge in [-0.15, -0.1) is 0 Å².